The number of carboxylic acid groups (broad SMARTS) is 1. The van der Waals surface area contributed by atoms with Crippen molar-refractivity contribution in [2.24, 2.45) is 11.8 Å². The molecule has 0 bridgehead atoms. The van der Waals surface area contributed by atoms with Crippen LogP contribution in [0.25, 0.3) is 0 Å². The summed E-state index contributed by atoms with van der Waals surface area (Å²) in [5.74, 6) is -0.720. The largest absolute Gasteiger partial charge is 0.481 e. The molecule has 6 heteroatoms. The summed E-state index contributed by atoms with van der Waals surface area (Å²) in [6, 6.07) is -0.0709. The third-order valence-corrected chi connectivity index (χ3v) is 3.57. The fourth-order valence-corrected chi connectivity index (χ4v) is 2.34. The molecule has 0 aliphatic carbocycles. The number of likely N-dealkylation sites (tertiary alicyclic amines) is 1. The average molecular weight is 271 g/mol. The minimum Gasteiger partial charge on any atom is -0.481 e. The van der Waals surface area contributed by atoms with E-state index >= 15 is 0 Å². The van der Waals surface area contributed by atoms with Crippen LogP contribution >= 0.6 is 0 Å². The molecule has 110 valence electrons. The Morgan fingerprint density at radius 2 is 2.21 bits per heavy atom. The second-order valence-corrected chi connectivity index (χ2v) is 5.27. The molecule has 19 heavy (non-hydrogen) atoms. The predicted octanol–water partition coefficient (Wildman–Crippen LogP) is 0.738. The zero-order chi connectivity index (χ0) is 14.3. The standard InChI is InChI=1S/C13H25N3O3/c1-10(12(17)18)5-6-15-13(19)16-7-3-4-11(9-16)8-14-2/h10-11,14H,3-9H2,1-2H3,(H,15,19)(H,17,18). The van der Waals surface area contributed by atoms with Crippen LogP contribution in [0, 0.1) is 11.8 Å². The molecule has 0 saturated carbocycles. The van der Waals surface area contributed by atoms with E-state index in [0.717, 1.165) is 32.5 Å². The van der Waals surface area contributed by atoms with E-state index in [1.165, 1.54) is 0 Å². The van der Waals surface area contributed by atoms with Crippen LogP contribution in [0.5, 0.6) is 0 Å². The van der Waals surface area contributed by atoms with Crippen molar-refractivity contribution < 1.29 is 14.7 Å². The number of rotatable bonds is 6. The average Bonchev–Trinajstić information content (AvgIpc) is 2.39. The molecule has 2 atom stereocenters. The molecule has 2 amide bonds. The number of aliphatic carboxylic acids is 1. The molecular weight excluding hydrogens is 246 g/mol. The maximum atomic E-state index is 11.9. The SMILES string of the molecule is CNCC1CCCN(C(=O)NCCC(C)C(=O)O)C1. The first-order valence-corrected chi connectivity index (χ1v) is 6.94. The molecule has 0 aromatic carbocycles. The van der Waals surface area contributed by atoms with E-state index < -0.39 is 11.9 Å². The van der Waals surface area contributed by atoms with Gasteiger partial charge in [0.15, 0.2) is 0 Å². The molecule has 3 N–H and O–H groups in total. The lowest BCUT2D eigenvalue weighted by Gasteiger charge is -2.32. The molecule has 1 saturated heterocycles. The van der Waals surface area contributed by atoms with Crippen molar-refractivity contribution in [3.8, 4) is 0 Å². The van der Waals surface area contributed by atoms with Gasteiger partial charge in [-0.05, 0) is 38.8 Å². The molecule has 0 spiro atoms. The summed E-state index contributed by atoms with van der Waals surface area (Å²) < 4.78 is 0. The summed E-state index contributed by atoms with van der Waals surface area (Å²) in [5, 5.41) is 14.7. The van der Waals surface area contributed by atoms with E-state index in [1.54, 1.807) is 6.92 Å². The second-order valence-electron chi connectivity index (χ2n) is 5.27. The van der Waals surface area contributed by atoms with Crippen molar-refractivity contribution >= 4 is 12.0 Å². The van der Waals surface area contributed by atoms with Crippen LogP contribution in [-0.2, 0) is 4.79 Å². The molecule has 1 aliphatic heterocycles. The van der Waals surface area contributed by atoms with E-state index in [4.69, 9.17) is 5.11 Å². The highest BCUT2D eigenvalue weighted by molar-refractivity contribution is 5.74. The van der Waals surface area contributed by atoms with Gasteiger partial charge in [0, 0.05) is 19.6 Å². The number of carbonyl (C=O) groups is 2. The van der Waals surface area contributed by atoms with Gasteiger partial charge in [0.2, 0.25) is 0 Å². The molecule has 6 nitrogen and oxygen atoms in total. The first-order chi connectivity index (χ1) is 9.04. The van der Waals surface area contributed by atoms with Gasteiger partial charge in [-0.3, -0.25) is 4.79 Å². The van der Waals surface area contributed by atoms with Gasteiger partial charge in [-0.25, -0.2) is 4.79 Å². The van der Waals surface area contributed by atoms with Crippen LogP contribution in [0.3, 0.4) is 0 Å². The highest BCUT2D eigenvalue weighted by Gasteiger charge is 2.23. The van der Waals surface area contributed by atoms with E-state index in [-0.39, 0.29) is 6.03 Å². The third-order valence-electron chi connectivity index (χ3n) is 3.57. The van der Waals surface area contributed by atoms with Gasteiger partial charge >= 0.3 is 12.0 Å². The monoisotopic (exact) mass is 271 g/mol. The van der Waals surface area contributed by atoms with Gasteiger partial charge in [0.1, 0.15) is 0 Å². The van der Waals surface area contributed by atoms with Crippen molar-refractivity contribution in [2.75, 3.05) is 33.2 Å². The highest BCUT2D eigenvalue weighted by Crippen LogP contribution is 2.15. The Kier molecular flexibility index (Phi) is 6.62. The number of piperidine rings is 1. The van der Waals surface area contributed by atoms with Crippen molar-refractivity contribution in [1.29, 1.82) is 0 Å². The molecule has 0 aromatic rings. The van der Waals surface area contributed by atoms with Gasteiger partial charge in [-0.1, -0.05) is 6.92 Å². The quantitative estimate of drug-likeness (QED) is 0.665. The summed E-state index contributed by atoms with van der Waals surface area (Å²) in [7, 11) is 1.92. The van der Waals surface area contributed by atoms with Gasteiger partial charge in [0.05, 0.1) is 5.92 Å². The number of nitrogens with zero attached hydrogens (tertiary/aromatic N) is 1. The van der Waals surface area contributed by atoms with Crippen LogP contribution in [-0.4, -0.2) is 55.2 Å². The van der Waals surface area contributed by atoms with E-state index in [9.17, 15) is 9.59 Å². The summed E-state index contributed by atoms with van der Waals surface area (Å²) >= 11 is 0. The number of carboxylic acids is 1. The Labute approximate surface area is 114 Å². The predicted molar refractivity (Wildman–Crippen MR) is 73.0 cm³/mol. The number of carbonyl (C=O) groups excluding carboxylic acids is 1. The molecule has 1 fully saturated rings. The second kappa shape index (κ2) is 7.99. The Hall–Kier alpha value is -1.30. The van der Waals surface area contributed by atoms with E-state index in [0.29, 0.717) is 18.9 Å². The Bertz CT molecular complexity index is 308. The topological polar surface area (TPSA) is 81.7 Å². The summed E-state index contributed by atoms with van der Waals surface area (Å²) in [6.07, 6.45) is 2.65. The number of hydrogen-bond donors (Lipinski definition) is 3. The van der Waals surface area contributed by atoms with Crippen LogP contribution in [0.1, 0.15) is 26.2 Å². The lowest BCUT2D eigenvalue weighted by Crippen LogP contribution is -2.47. The first kappa shape index (κ1) is 15.8. The van der Waals surface area contributed by atoms with Crippen LogP contribution in [0.2, 0.25) is 0 Å². The summed E-state index contributed by atoms with van der Waals surface area (Å²) in [5.41, 5.74) is 0. The summed E-state index contributed by atoms with van der Waals surface area (Å²) in [6.45, 7) is 4.57. The van der Waals surface area contributed by atoms with Crippen molar-refractivity contribution in [3.63, 3.8) is 0 Å². The third kappa shape index (κ3) is 5.46. The van der Waals surface area contributed by atoms with E-state index in [2.05, 4.69) is 10.6 Å². The Morgan fingerprint density at radius 3 is 2.84 bits per heavy atom. The number of amides is 2. The van der Waals surface area contributed by atoms with Crippen molar-refractivity contribution in [2.45, 2.75) is 26.2 Å². The van der Waals surface area contributed by atoms with Crippen LogP contribution in [0.4, 0.5) is 4.79 Å². The molecule has 1 heterocycles. The smallest absolute Gasteiger partial charge is 0.317 e. The van der Waals surface area contributed by atoms with Gasteiger partial charge in [-0.2, -0.15) is 0 Å². The molecule has 1 aliphatic rings. The maximum Gasteiger partial charge on any atom is 0.317 e. The van der Waals surface area contributed by atoms with E-state index in [1.807, 2.05) is 11.9 Å². The Balaban J connectivity index is 2.27. The fourth-order valence-electron chi connectivity index (χ4n) is 2.34. The highest BCUT2D eigenvalue weighted by atomic mass is 16.4. The molecule has 0 aromatic heterocycles. The normalized spacial score (nSPS) is 20.9. The maximum absolute atomic E-state index is 11.9. The summed E-state index contributed by atoms with van der Waals surface area (Å²) in [4.78, 5) is 24.4. The zero-order valence-electron chi connectivity index (χ0n) is 11.8. The number of nitrogens with one attached hydrogen (secondary N) is 2. The molecule has 1 rings (SSSR count). The van der Waals surface area contributed by atoms with Crippen LogP contribution < -0.4 is 10.6 Å². The van der Waals surface area contributed by atoms with Crippen molar-refractivity contribution in [1.82, 2.24) is 15.5 Å². The molecule has 0 radical (unpaired) electrons. The van der Waals surface area contributed by atoms with Gasteiger partial charge < -0.3 is 20.6 Å². The van der Waals surface area contributed by atoms with Gasteiger partial charge in [0.25, 0.3) is 0 Å². The van der Waals surface area contributed by atoms with Gasteiger partial charge in [-0.15, -0.1) is 0 Å². The van der Waals surface area contributed by atoms with Crippen molar-refractivity contribution in [3.05, 3.63) is 0 Å². The molecular formula is C13H25N3O3. The lowest BCUT2D eigenvalue weighted by molar-refractivity contribution is -0.141. The first-order valence-electron chi connectivity index (χ1n) is 6.94. The number of hydrogen-bond acceptors (Lipinski definition) is 3. The Morgan fingerprint density at radius 1 is 1.47 bits per heavy atom. The molecule has 2 unspecified atom stereocenters. The lowest BCUT2D eigenvalue weighted by atomic mass is 9.98. The minimum absolute atomic E-state index is 0.0709. The fraction of sp³-hybridized carbons (Fsp3) is 0.846. The van der Waals surface area contributed by atoms with Crippen LogP contribution in [0.15, 0.2) is 0 Å². The number of urea groups is 1. The zero-order valence-corrected chi connectivity index (χ0v) is 11.8. The minimum atomic E-state index is -0.818.